The Hall–Kier alpha value is -0.240. The van der Waals surface area contributed by atoms with Gasteiger partial charge in [-0.3, -0.25) is 0 Å². The third kappa shape index (κ3) is 4.95. The Morgan fingerprint density at radius 2 is 1.62 bits per heavy atom. The second-order valence-corrected chi connectivity index (χ2v) is 15.9. The zero-order valence-corrected chi connectivity index (χ0v) is 25.6. The molecule has 5 aliphatic rings. The van der Waals surface area contributed by atoms with Gasteiger partial charge in [0, 0.05) is 0 Å². The maximum atomic E-state index is 10.8. The second kappa shape index (κ2) is 10.8. The maximum absolute atomic E-state index is 10.8. The van der Waals surface area contributed by atoms with Gasteiger partial charge in [0.2, 0.25) is 5.79 Å². The lowest BCUT2D eigenvalue weighted by Gasteiger charge is -2.58. The van der Waals surface area contributed by atoms with E-state index in [1.165, 1.54) is 57.8 Å². The van der Waals surface area contributed by atoms with Gasteiger partial charge < -0.3 is 29.9 Å². The van der Waals surface area contributed by atoms with Crippen LogP contribution < -0.4 is 0 Å². The number of ether oxygens (including phenoxy) is 2. The first-order valence-electron chi connectivity index (χ1n) is 16.3. The molecule has 6 nitrogen and oxygen atoms in total. The molecule has 1 aliphatic heterocycles. The van der Waals surface area contributed by atoms with Crippen LogP contribution in [0.3, 0.4) is 0 Å². The van der Waals surface area contributed by atoms with Crippen LogP contribution in [-0.4, -0.2) is 63.3 Å². The second-order valence-electron chi connectivity index (χ2n) is 15.9. The third-order valence-electron chi connectivity index (χ3n) is 13.0. The Balaban J connectivity index is 1.30. The molecule has 4 N–H and O–H groups in total. The summed E-state index contributed by atoms with van der Waals surface area (Å²) in [4.78, 5) is 0. The van der Waals surface area contributed by atoms with Crippen molar-refractivity contribution in [1.29, 1.82) is 0 Å². The van der Waals surface area contributed by atoms with Crippen molar-refractivity contribution in [3.63, 3.8) is 0 Å². The number of hydrogen-bond acceptors (Lipinski definition) is 6. The molecule has 0 amide bonds. The Morgan fingerprint density at radius 3 is 2.26 bits per heavy atom. The van der Waals surface area contributed by atoms with Gasteiger partial charge in [-0.1, -0.05) is 53.9 Å². The first-order valence-corrected chi connectivity index (χ1v) is 16.3. The summed E-state index contributed by atoms with van der Waals surface area (Å²) in [7, 11) is 0. The van der Waals surface area contributed by atoms with Crippen LogP contribution in [0.2, 0.25) is 0 Å². The van der Waals surface area contributed by atoms with Crippen LogP contribution in [0.4, 0.5) is 0 Å². The van der Waals surface area contributed by atoms with Crippen LogP contribution in [-0.2, 0) is 9.47 Å². The van der Waals surface area contributed by atoms with Gasteiger partial charge >= 0.3 is 0 Å². The summed E-state index contributed by atoms with van der Waals surface area (Å²) in [5, 5.41) is 41.1. The van der Waals surface area contributed by atoms with E-state index in [-0.39, 0.29) is 5.41 Å². The summed E-state index contributed by atoms with van der Waals surface area (Å²) in [6, 6.07) is 0. The van der Waals surface area contributed by atoms with Gasteiger partial charge in [0.05, 0.1) is 12.2 Å². The van der Waals surface area contributed by atoms with Crippen molar-refractivity contribution >= 4 is 0 Å². The van der Waals surface area contributed by atoms with Gasteiger partial charge in [0.1, 0.15) is 24.9 Å². The minimum atomic E-state index is -1.69. The monoisotopic (exact) mass is 550 g/mol. The Bertz CT molecular complexity index is 865. The average molecular weight is 551 g/mol. The van der Waals surface area contributed by atoms with E-state index >= 15 is 0 Å². The lowest BCUT2D eigenvalue weighted by Crippen LogP contribution is -2.54. The van der Waals surface area contributed by atoms with Crippen molar-refractivity contribution in [1.82, 2.24) is 0 Å². The molecule has 0 aromatic carbocycles. The maximum Gasteiger partial charge on any atom is 0.222 e. The summed E-state index contributed by atoms with van der Waals surface area (Å²) in [5.74, 6) is 3.61. The van der Waals surface area contributed by atoms with Crippen molar-refractivity contribution < 1.29 is 29.9 Å². The normalized spacial score (nSPS) is 52.1. The first kappa shape index (κ1) is 30.2. The molecule has 39 heavy (non-hydrogen) atoms. The Morgan fingerprint density at radius 1 is 0.897 bits per heavy atom. The van der Waals surface area contributed by atoms with E-state index in [2.05, 4.69) is 41.5 Å². The van der Waals surface area contributed by atoms with Gasteiger partial charge in [-0.15, -0.1) is 0 Å². The number of fused-ring (bicyclic) bond motifs is 5. The van der Waals surface area contributed by atoms with E-state index in [0.717, 1.165) is 42.4 Å². The highest BCUT2D eigenvalue weighted by molar-refractivity contribution is 5.13. The van der Waals surface area contributed by atoms with Gasteiger partial charge in [-0.2, -0.15) is 0 Å². The van der Waals surface area contributed by atoms with E-state index in [1.54, 1.807) is 0 Å². The average Bonchev–Trinajstić information content (AvgIpc) is 3.45. The molecule has 0 unspecified atom stereocenters. The lowest BCUT2D eigenvalue weighted by atomic mass is 9.47. The summed E-state index contributed by atoms with van der Waals surface area (Å²) < 4.78 is 12.4. The highest BCUT2D eigenvalue weighted by atomic mass is 16.7. The van der Waals surface area contributed by atoms with Crippen LogP contribution in [0, 0.1) is 52.3 Å². The van der Waals surface area contributed by atoms with E-state index < -0.39 is 42.9 Å². The van der Waals surface area contributed by atoms with Crippen LogP contribution in [0.25, 0.3) is 0 Å². The smallest absolute Gasteiger partial charge is 0.222 e. The molecule has 13 atom stereocenters. The van der Waals surface area contributed by atoms with Crippen molar-refractivity contribution in [3.05, 3.63) is 0 Å². The zero-order chi connectivity index (χ0) is 28.4. The largest absolute Gasteiger partial charge is 0.394 e. The minimum Gasteiger partial charge on any atom is -0.394 e. The molecule has 4 saturated carbocycles. The van der Waals surface area contributed by atoms with Crippen molar-refractivity contribution in [2.24, 2.45) is 52.3 Å². The van der Waals surface area contributed by atoms with Crippen LogP contribution in [0.15, 0.2) is 0 Å². The van der Waals surface area contributed by atoms with E-state index in [0.29, 0.717) is 17.3 Å². The van der Waals surface area contributed by atoms with Gasteiger partial charge in [0.25, 0.3) is 0 Å². The van der Waals surface area contributed by atoms with E-state index in [1.807, 2.05) is 0 Å². The molecule has 6 heteroatoms. The van der Waals surface area contributed by atoms with Crippen LogP contribution in [0.5, 0.6) is 0 Å². The summed E-state index contributed by atoms with van der Waals surface area (Å²) in [6.07, 6.45) is 10.2. The molecule has 1 saturated heterocycles. The molecule has 1 heterocycles. The molecule has 0 spiro atoms. The fraction of sp³-hybridized carbons (Fsp3) is 1.00. The van der Waals surface area contributed by atoms with Crippen LogP contribution >= 0.6 is 0 Å². The topological polar surface area (TPSA) is 99.4 Å². The molecule has 0 radical (unpaired) electrons. The summed E-state index contributed by atoms with van der Waals surface area (Å²) in [5.41, 5.74) is 0.0688. The fourth-order valence-electron chi connectivity index (χ4n) is 11.3. The molecular formula is C33H58O6. The first-order chi connectivity index (χ1) is 18.3. The molecule has 0 aromatic rings. The van der Waals surface area contributed by atoms with Gasteiger partial charge in [-0.25, -0.2) is 0 Å². The van der Waals surface area contributed by atoms with Crippen LogP contribution in [0.1, 0.15) is 112 Å². The Labute approximate surface area is 237 Å². The summed E-state index contributed by atoms with van der Waals surface area (Å²) >= 11 is 0. The molecule has 0 bridgehead atoms. The highest BCUT2D eigenvalue weighted by Crippen LogP contribution is 2.70. The summed E-state index contributed by atoms with van der Waals surface area (Å²) in [6.45, 7) is 13.5. The molecule has 0 aromatic heterocycles. The number of aliphatic hydroxyl groups excluding tert-OH is 4. The lowest BCUT2D eigenvalue weighted by molar-refractivity contribution is -0.317. The molecule has 226 valence electrons. The van der Waals surface area contributed by atoms with Crippen molar-refractivity contribution in [3.8, 4) is 0 Å². The number of rotatable bonds is 9. The predicted octanol–water partition coefficient (Wildman–Crippen LogP) is 5.29. The molecular weight excluding hydrogens is 492 g/mol. The van der Waals surface area contributed by atoms with Crippen molar-refractivity contribution in [2.75, 3.05) is 13.2 Å². The number of hydrogen-bond donors (Lipinski definition) is 4. The Kier molecular flexibility index (Phi) is 8.36. The highest BCUT2D eigenvalue weighted by Gasteiger charge is 2.66. The SMILES string of the molecule is CC(C)CCC[C@@H](C)[C@H]1CC[C@H]2[C@@H]3CC[C@H]4C[C@@](C)(O[C@@]5(CO)O[C@@H](CO)[C@H](O)[C@H]5O)C[C@]4(C)[C@H]3CC[C@]12C. The van der Waals surface area contributed by atoms with Gasteiger partial charge in [-0.05, 0) is 111 Å². The molecule has 5 fully saturated rings. The molecule has 5 rings (SSSR count). The standard InChI is InChI=1S/C33H58O6/c1-20(2)8-7-9-21(3)24-12-13-25-23-11-10-22-16-30(4,18-32(22,6)26(23)14-15-31(24,25)5)39-33(19-35)29(37)28(36)27(17-34)38-33/h20-29,34-37H,7-19H2,1-6H3/t21-,22+,23+,24-,25+,26+,27+,28+,29-,30-,31-,32+,33-/m1/s1. The van der Waals surface area contributed by atoms with Gasteiger partial charge in [0.15, 0.2) is 0 Å². The zero-order valence-electron chi connectivity index (χ0n) is 25.6. The van der Waals surface area contributed by atoms with Crippen molar-refractivity contribution in [2.45, 2.75) is 142 Å². The predicted molar refractivity (Wildman–Crippen MR) is 152 cm³/mol. The van der Waals surface area contributed by atoms with E-state index in [9.17, 15) is 20.4 Å². The van der Waals surface area contributed by atoms with E-state index in [4.69, 9.17) is 9.47 Å². The number of aliphatic hydroxyl groups is 4. The molecule has 4 aliphatic carbocycles. The fourth-order valence-corrected chi connectivity index (χ4v) is 11.3. The minimum absolute atomic E-state index is 0.162. The third-order valence-corrected chi connectivity index (χ3v) is 13.0. The quantitative estimate of drug-likeness (QED) is 0.311.